The number of hydrogen-bond donors (Lipinski definition) is 0. The van der Waals surface area contributed by atoms with Crippen LogP contribution in [-0.4, -0.2) is 43.6 Å². The maximum atomic E-state index is 12.4. The van der Waals surface area contributed by atoms with Crippen molar-refractivity contribution in [1.82, 2.24) is 4.90 Å². The summed E-state index contributed by atoms with van der Waals surface area (Å²) in [5.74, 6) is -0.158. The molecule has 0 unspecified atom stereocenters. The normalized spacial score (nSPS) is 15.0. The van der Waals surface area contributed by atoms with E-state index in [2.05, 4.69) is 0 Å². The maximum absolute atomic E-state index is 12.4. The number of carbonyl (C=O) groups excluding carboxylic acids is 2. The highest BCUT2D eigenvalue weighted by Gasteiger charge is 2.37. The second kappa shape index (κ2) is 7.42. The summed E-state index contributed by atoms with van der Waals surface area (Å²) in [6, 6.07) is 6.98. The molecule has 6 heteroatoms. The van der Waals surface area contributed by atoms with Gasteiger partial charge in [-0.3, -0.25) is 14.5 Å². The molecule has 0 aromatic heterocycles. The van der Waals surface area contributed by atoms with E-state index in [1.165, 1.54) is 7.11 Å². The highest BCUT2D eigenvalue weighted by atomic mass is 35.5. The second-order valence-electron chi connectivity index (χ2n) is 4.82. The Bertz CT molecular complexity index is 595. The number of nitrogens with zero attached hydrogens (tertiary/aromatic N) is 1. The maximum Gasteiger partial charge on any atom is 0.273 e. The lowest BCUT2D eigenvalue weighted by molar-refractivity contribution is -0.137. The van der Waals surface area contributed by atoms with Crippen LogP contribution in [0.5, 0.6) is 5.75 Å². The standard InChI is InChI=1S/C16H18ClNO4/c1-3-9-22-12-6-4-11(5-7-12)13-14(17)16(20)18(15(13)19)8-10-21-2/h4-7H,3,8-10H2,1-2H3. The van der Waals surface area contributed by atoms with Gasteiger partial charge >= 0.3 is 0 Å². The van der Waals surface area contributed by atoms with Crippen molar-refractivity contribution in [3.05, 3.63) is 34.9 Å². The second-order valence-corrected chi connectivity index (χ2v) is 5.19. The number of rotatable bonds is 7. The van der Waals surface area contributed by atoms with Gasteiger partial charge in [0.2, 0.25) is 0 Å². The van der Waals surface area contributed by atoms with Crippen LogP contribution in [0.1, 0.15) is 18.9 Å². The van der Waals surface area contributed by atoms with Crippen molar-refractivity contribution < 1.29 is 19.1 Å². The monoisotopic (exact) mass is 323 g/mol. The average Bonchev–Trinajstić information content (AvgIpc) is 2.74. The molecule has 1 aliphatic heterocycles. The first-order valence-corrected chi connectivity index (χ1v) is 7.46. The summed E-state index contributed by atoms with van der Waals surface area (Å²) in [5.41, 5.74) is 0.830. The van der Waals surface area contributed by atoms with Gasteiger partial charge in [-0.05, 0) is 24.1 Å². The minimum Gasteiger partial charge on any atom is -0.494 e. The van der Waals surface area contributed by atoms with E-state index in [0.29, 0.717) is 12.2 Å². The highest BCUT2D eigenvalue weighted by molar-refractivity contribution is 6.55. The molecule has 0 fully saturated rings. The van der Waals surface area contributed by atoms with E-state index in [9.17, 15) is 9.59 Å². The van der Waals surface area contributed by atoms with E-state index in [0.717, 1.165) is 17.1 Å². The Kier molecular flexibility index (Phi) is 5.57. The molecule has 1 aliphatic rings. The Morgan fingerprint density at radius 2 is 1.77 bits per heavy atom. The number of methoxy groups -OCH3 is 1. The van der Waals surface area contributed by atoms with Crippen LogP contribution in [0.2, 0.25) is 0 Å². The number of benzene rings is 1. The summed E-state index contributed by atoms with van der Waals surface area (Å²) in [7, 11) is 1.51. The molecule has 0 spiro atoms. The van der Waals surface area contributed by atoms with Crippen molar-refractivity contribution >= 4 is 29.0 Å². The lowest BCUT2D eigenvalue weighted by Crippen LogP contribution is -2.34. The van der Waals surface area contributed by atoms with Gasteiger partial charge in [0.05, 0.1) is 25.3 Å². The molecule has 0 bridgehead atoms. The minimum atomic E-state index is -0.481. The summed E-state index contributed by atoms with van der Waals surface area (Å²) >= 11 is 6.05. The van der Waals surface area contributed by atoms with Crippen LogP contribution in [0.3, 0.4) is 0 Å². The van der Waals surface area contributed by atoms with E-state index >= 15 is 0 Å². The molecule has 0 saturated heterocycles. The SMILES string of the molecule is CCCOc1ccc(C2=C(Cl)C(=O)N(CCOC)C2=O)cc1. The quantitative estimate of drug-likeness (QED) is 0.723. The number of carbonyl (C=O) groups is 2. The fourth-order valence-corrected chi connectivity index (χ4v) is 2.41. The van der Waals surface area contributed by atoms with Crippen LogP contribution >= 0.6 is 11.6 Å². The van der Waals surface area contributed by atoms with Gasteiger partial charge < -0.3 is 9.47 Å². The largest absolute Gasteiger partial charge is 0.494 e. The van der Waals surface area contributed by atoms with Gasteiger partial charge in [-0.15, -0.1) is 0 Å². The average molecular weight is 324 g/mol. The van der Waals surface area contributed by atoms with Gasteiger partial charge in [0, 0.05) is 7.11 Å². The topological polar surface area (TPSA) is 55.8 Å². The third-order valence-electron chi connectivity index (χ3n) is 3.25. The van der Waals surface area contributed by atoms with Gasteiger partial charge in [-0.2, -0.15) is 0 Å². The number of amides is 2. The van der Waals surface area contributed by atoms with Gasteiger partial charge in [0.25, 0.3) is 11.8 Å². The number of halogens is 1. The minimum absolute atomic E-state index is 0.0525. The highest BCUT2D eigenvalue weighted by Crippen LogP contribution is 2.32. The molecule has 22 heavy (non-hydrogen) atoms. The van der Waals surface area contributed by atoms with Crippen LogP contribution in [0.25, 0.3) is 5.57 Å². The molecule has 118 valence electrons. The molecule has 1 aromatic rings. The molecule has 0 atom stereocenters. The summed E-state index contributed by atoms with van der Waals surface area (Å²) in [4.78, 5) is 25.5. The van der Waals surface area contributed by atoms with Gasteiger partial charge in [0.15, 0.2) is 0 Å². The third kappa shape index (κ3) is 3.31. The fraction of sp³-hybridized carbons (Fsp3) is 0.375. The Balaban J connectivity index is 2.20. The fourth-order valence-electron chi connectivity index (χ4n) is 2.12. The van der Waals surface area contributed by atoms with Crippen LogP contribution in [0.15, 0.2) is 29.3 Å². The van der Waals surface area contributed by atoms with Crippen LogP contribution < -0.4 is 4.74 Å². The Morgan fingerprint density at radius 3 is 2.36 bits per heavy atom. The van der Waals surface area contributed by atoms with Crippen LogP contribution in [0, 0.1) is 0 Å². The first kappa shape index (κ1) is 16.5. The van der Waals surface area contributed by atoms with Crippen molar-refractivity contribution in [3.63, 3.8) is 0 Å². The first-order chi connectivity index (χ1) is 10.6. The lowest BCUT2D eigenvalue weighted by Gasteiger charge is -2.13. The third-order valence-corrected chi connectivity index (χ3v) is 3.60. The van der Waals surface area contributed by atoms with E-state index in [1.54, 1.807) is 24.3 Å². The lowest BCUT2D eigenvalue weighted by atomic mass is 10.1. The molecule has 0 N–H and O–H groups in total. The number of ether oxygens (including phenoxy) is 2. The molecule has 5 nitrogen and oxygen atoms in total. The van der Waals surface area contributed by atoms with Crippen molar-refractivity contribution in [2.45, 2.75) is 13.3 Å². The van der Waals surface area contributed by atoms with Crippen LogP contribution in [-0.2, 0) is 14.3 Å². The Hall–Kier alpha value is -1.85. The van der Waals surface area contributed by atoms with Crippen molar-refractivity contribution in [2.24, 2.45) is 0 Å². The van der Waals surface area contributed by atoms with Gasteiger partial charge in [-0.25, -0.2) is 0 Å². The predicted octanol–water partition coefficient (Wildman–Crippen LogP) is 2.44. The zero-order chi connectivity index (χ0) is 16.1. The zero-order valence-corrected chi connectivity index (χ0v) is 13.4. The molecule has 1 heterocycles. The van der Waals surface area contributed by atoms with E-state index in [4.69, 9.17) is 21.1 Å². The van der Waals surface area contributed by atoms with E-state index < -0.39 is 11.8 Å². The van der Waals surface area contributed by atoms with E-state index in [1.807, 2.05) is 6.92 Å². The molecule has 2 rings (SSSR count). The van der Waals surface area contributed by atoms with Crippen molar-refractivity contribution in [1.29, 1.82) is 0 Å². The predicted molar refractivity (Wildman–Crippen MR) is 83.6 cm³/mol. The van der Waals surface area contributed by atoms with Crippen LogP contribution in [0.4, 0.5) is 0 Å². The smallest absolute Gasteiger partial charge is 0.273 e. The van der Waals surface area contributed by atoms with E-state index in [-0.39, 0.29) is 23.8 Å². The van der Waals surface area contributed by atoms with Gasteiger partial charge in [-0.1, -0.05) is 30.7 Å². The molecule has 0 saturated carbocycles. The van der Waals surface area contributed by atoms with Crippen molar-refractivity contribution in [2.75, 3.05) is 26.9 Å². The number of imide groups is 1. The molecular formula is C16H18ClNO4. The summed E-state index contributed by atoms with van der Waals surface area (Å²) < 4.78 is 10.4. The molecule has 0 radical (unpaired) electrons. The molecule has 1 aromatic carbocycles. The molecule has 0 aliphatic carbocycles. The van der Waals surface area contributed by atoms with Crippen molar-refractivity contribution in [3.8, 4) is 5.75 Å². The zero-order valence-electron chi connectivity index (χ0n) is 12.6. The first-order valence-electron chi connectivity index (χ1n) is 7.08. The summed E-state index contributed by atoms with van der Waals surface area (Å²) in [6.07, 6.45) is 0.917. The summed E-state index contributed by atoms with van der Waals surface area (Å²) in [5, 5.41) is -0.0525. The molecule has 2 amide bonds. The summed E-state index contributed by atoms with van der Waals surface area (Å²) in [6.45, 7) is 3.12. The number of hydrogen-bond acceptors (Lipinski definition) is 4. The molecular weight excluding hydrogens is 306 g/mol. The van der Waals surface area contributed by atoms with Gasteiger partial charge in [0.1, 0.15) is 10.8 Å². The Labute approximate surface area is 134 Å². The Morgan fingerprint density at radius 1 is 1.09 bits per heavy atom.